The number of carboxylic acids is 1. The SMILES string of the molecule is Cc1ccc(-n2cc(C)cn2)c(NC(=O)CCC(=O)O)c1. The zero-order valence-corrected chi connectivity index (χ0v) is 12.0. The zero-order valence-electron chi connectivity index (χ0n) is 12.0. The van der Waals surface area contributed by atoms with Crippen molar-refractivity contribution in [3.05, 3.63) is 41.7 Å². The fourth-order valence-electron chi connectivity index (χ4n) is 1.93. The lowest BCUT2D eigenvalue weighted by Crippen LogP contribution is -2.15. The molecule has 0 saturated carbocycles. The maximum absolute atomic E-state index is 11.8. The first kappa shape index (κ1) is 14.8. The third-order valence-corrected chi connectivity index (χ3v) is 2.95. The summed E-state index contributed by atoms with van der Waals surface area (Å²) in [5, 5.41) is 15.6. The molecule has 1 amide bonds. The lowest BCUT2D eigenvalue weighted by Gasteiger charge is -2.12. The molecule has 6 heteroatoms. The highest BCUT2D eigenvalue weighted by Crippen LogP contribution is 2.22. The van der Waals surface area contributed by atoms with E-state index >= 15 is 0 Å². The van der Waals surface area contributed by atoms with Crippen LogP contribution in [0.2, 0.25) is 0 Å². The van der Waals surface area contributed by atoms with E-state index in [4.69, 9.17) is 5.11 Å². The fraction of sp³-hybridized carbons (Fsp3) is 0.267. The molecule has 0 spiro atoms. The summed E-state index contributed by atoms with van der Waals surface area (Å²) in [4.78, 5) is 22.3. The van der Waals surface area contributed by atoms with E-state index in [0.29, 0.717) is 5.69 Å². The van der Waals surface area contributed by atoms with Gasteiger partial charge in [-0.1, -0.05) is 6.07 Å². The van der Waals surface area contributed by atoms with Crippen molar-refractivity contribution in [2.45, 2.75) is 26.7 Å². The van der Waals surface area contributed by atoms with Crippen LogP contribution >= 0.6 is 0 Å². The molecule has 0 radical (unpaired) electrons. The average Bonchev–Trinajstić information content (AvgIpc) is 2.83. The summed E-state index contributed by atoms with van der Waals surface area (Å²) >= 11 is 0. The van der Waals surface area contributed by atoms with Gasteiger partial charge in [0.15, 0.2) is 0 Å². The lowest BCUT2D eigenvalue weighted by molar-refractivity contribution is -0.138. The molecule has 1 aromatic carbocycles. The quantitative estimate of drug-likeness (QED) is 0.883. The largest absolute Gasteiger partial charge is 0.481 e. The van der Waals surface area contributed by atoms with Gasteiger partial charge in [-0.15, -0.1) is 0 Å². The minimum absolute atomic E-state index is 0.0547. The lowest BCUT2D eigenvalue weighted by atomic mass is 10.2. The van der Waals surface area contributed by atoms with Crippen LogP contribution in [-0.2, 0) is 9.59 Å². The van der Waals surface area contributed by atoms with E-state index < -0.39 is 5.97 Å². The molecule has 0 fully saturated rings. The number of hydrogen-bond acceptors (Lipinski definition) is 3. The number of benzene rings is 1. The Morgan fingerprint density at radius 2 is 2.00 bits per heavy atom. The predicted octanol–water partition coefficient (Wildman–Crippen LogP) is 2.29. The van der Waals surface area contributed by atoms with Crippen molar-refractivity contribution >= 4 is 17.6 Å². The Labute approximate surface area is 122 Å². The molecule has 21 heavy (non-hydrogen) atoms. The number of nitrogens with one attached hydrogen (secondary N) is 1. The molecule has 2 aromatic rings. The molecule has 0 saturated heterocycles. The van der Waals surface area contributed by atoms with Crippen LogP contribution in [0.4, 0.5) is 5.69 Å². The average molecular weight is 287 g/mol. The molecule has 110 valence electrons. The summed E-state index contributed by atoms with van der Waals surface area (Å²) in [5.41, 5.74) is 3.38. The molecule has 0 aliphatic heterocycles. The highest BCUT2D eigenvalue weighted by atomic mass is 16.4. The number of aryl methyl sites for hydroxylation is 2. The Bertz CT molecular complexity index is 677. The Kier molecular flexibility index (Phi) is 4.37. The number of aliphatic carboxylic acids is 1. The van der Waals surface area contributed by atoms with Gasteiger partial charge in [0, 0.05) is 12.6 Å². The Morgan fingerprint density at radius 3 is 2.62 bits per heavy atom. The summed E-state index contributed by atoms with van der Waals surface area (Å²) in [6, 6.07) is 5.64. The highest BCUT2D eigenvalue weighted by molar-refractivity contribution is 5.94. The molecular formula is C15H17N3O3. The topological polar surface area (TPSA) is 84.2 Å². The molecule has 0 unspecified atom stereocenters. The number of hydrogen-bond donors (Lipinski definition) is 2. The van der Waals surface area contributed by atoms with E-state index in [2.05, 4.69) is 10.4 Å². The minimum atomic E-state index is -0.989. The molecule has 6 nitrogen and oxygen atoms in total. The smallest absolute Gasteiger partial charge is 0.303 e. The van der Waals surface area contributed by atoms with Gasteiger partial charge in [-0.05, 0) is 37.1 Å². The number of aromatic nitrogens is 2. The van der Waals surface area contributed by atoms with E-state index in [0.717, 1.165) is 16.8 Å². The molecule has 0 bridgehead atoms. The minimum Gasteiger partial charge on any atom is -0.481 e. The first-order valence-electron chi connectivity index (χ1n) is 6.59. The normalized spacial score (nSPS) is 10.4. The van der Waals surface area contributed by atoms with Gasteiger partial charge in [-0.3, -0.25) is 9.59 Å². The first-order valence-corrected chi connectivity index (χ1v) is 6.59. The van der Waals surface area contributed by atoms with Crippen molar-refractivity contribution in [3.63, 3.8) is 0 Å². The van der Waals surface area contributed by atoms with E-state index in [-0.39, 0.29) is 18.7 Å². The summed E-state index contributed by atoms with van der Waals surface area (Å²) in [6.45, 7) is 3.85. The Balaban J connectivity index is 2.23. The number of rotatable bonds is 5. The maximum Gasteiger partial charge on any atom is 0.303 e. The van der Waals surface area contributed by atoms with Crippen molar-refractivity contribution in [2.75, 3.05) is 5.32 Å². The van der Waals surface area contributed by atoms with Crippen LogP contribution in [0.1, 0.15) is 24.0 Å². The summed E-state index contributed by atoms with van der Waals surface area (Å²) in [7, 11) is 0. The molecule has 0 atom stereocenters. The maximum atomic E-state index is 11.8. The fourth-order valence-corrected chi connectivity index (χ4v) is 1.93. The van der Waals surface area contributed by atoms with Gasteiger partial charge in [0.2, 0.25) is 5.91 Å². The van der Waals surface area contributed by atoms with Gasteiger partial charge < -0.3 is 10.4 Å². The van der Waals surface area contributed by atoms with Crippen LogP contribution < -0.4 is 5.32 Å². The second kappa shape index (κ2) is 6.21. The van der Waals surface area contributed by atoms with Crippen molar-refractivity contribution < 1.29 is 14.7 Å². The van der Waals surface area contributed by atoms with E-state index in [9.17, 15) is 9.59 Å². The van der Waals surface area contributed by atoms with Gasteiger partial charge in [0.1, 0.15) is 0 Å². The second-order valence-corrected chi connectivity index (χ2v) is 4.92. The number of anilines is 1. The Hall–Kier alpha value is -2.63. The van der Waals surface area contributed by atoms with E-state index in [1.165, 1.54) is 0 Å². The first-order chi connectivity index (χ1) is 9.95. The van der Waals surface area contributed by atoms with Gasteiger partial charge in [-0.25, -0.2) is 4.68 Å². The summed E-state index contributed by atoms with van der Waals surface area (Å²) in [5.74, 6) is -1.31. The van der Waals surface area contributed by atoms with Gasteiger partial charge in [-0.2, -0.15) is 5.10 Å². The summed E-state index contributed by atoms with van der Waals surface area (Å²) in [6.07, 6.45) is 3.35. The predicted molar refractivity (Wildman–Crippen MR) is 78.5 cm³/mol. The monoisotopic (exact) mass is 287 g/mol. The molecule has 2 N–H and O–H groups in total. The number of amides is 1. The number of nitrogens with zero attached hydrogens (tertiary/aromatic N) is 2. The second-order valence-electron chi connectivity index (χ2n) is 4.92. The van der Waals surface area contributed by atoms with Crippen molar-refractivity contribution in [1.82, 2.24) is 9.78 Å². The molecule has 0 aliphatic carbocycles. The highest BCUT2D eigenvalue weighted by Gasteiger charge is 2.11. The number of carbonyl (C=O) groups excluding carboxylic acids is 1. The molecule has 0 aliphatic rings. The Morgan fingerprint density at radius 1 is 1.24 bits per heavy atom. The number of carbonyl (C=O) groups is 2. The van der Waals surface area contributed by atoms with Crippen LogP contribution in [0.15, 0.2) is 30.6 Å². The van der Waals surface area contributed by atoms with Crippen LogP contribution in [0, 0.1) is 13.8 Å². The zero-order chi connectivity index (χ0) is 15.4. The van der Waals surface area contributed by atoms with Crippen LogP contribution in [-0.4, -0.2) is 26.8 Å². The number of carboxylic acid groups (broad SMARTS) is 1. The van der Waals surface area contributed by atoms with Crippen LogP contribution in [0.5, 0.6) is 0 Å². The third-order valence-electron chi connectivity index (χ3n) is 2.95. The molecular weight excluding hydrogens is 270 g/mol. The van der Waals surface area contributed by atoms with Crippen molar-refractivity contribution in [1.29, 1.82) is 0 Å². The molecule has 1 aromatic heterocycles. The third kappa shape index (κ3) is 3.92. The van der Waals surface area contributed by atoms with Crippen LogP contribution in [0.3, 0.4) is 0 Å². The van der Waals surface area contributed by atoms with Gasteiger partial charge >= 0.3 is 5.97 Å². The van der Waals surface area contributed by atoms with E-state index in [1.54, 1.807) is 10.9 Å². The molecule has 1 heterocycles. The standard InChI is InChI=1S/C15H17N3O3/c1-10-3-4-13(18-9-11(2)8-16-18)12(7-10)17-14(19)5-6-15(20)21/h3-4,7-9H,5-6H2,1-2H3,(H,17,19)(H,20,21). The van der Waals surface area contributed by atoms with Crippen molar-refractivity contribution in [2.24, 2.45) is 0 Å². The van der Waals surface area contributed by atoms with Gasteiger partial charge in [0.25, 0.3) is 0 Å². The molecule has 2 rings (SSSR count). The van der Waals surface area contributed by atoms with E-state index in [1.807, 2.05) is 38.2 Å². The summed E-state index contributed by atoms with van der Waals surface area (Å²) < 4.78 is 1.68. The van der Waals surface area contributed by atoms with Crippen LogP contribution in [0.25, 0.3) is 5.69 Å². The van der Waals surface area contributed by atoms with Crippen molar-refractivity contribution in [3.8, 4) is 5.69 Å². The van der Waals surface area contributed by atoms with Gasteiger partial charge in [0.05, 0.1) is 24.0 Å².